The molecule has 1 N–H and O–H groups in total. The van der Waals surface area contributed by atoms with Crippen LogP contribution in [-0.2, 0) is 4.79 Å². The summed E-state index contributed by atoms with van der Waals surface area (Å²) in [5, 5.41) is 3.35. The van der Waals surface area contributed by atoms with E-state index in [1.54, 1.807) is 0 Å². The fraction of sp³-hybridized carbons (Fsp3) is 0.917. The van der Waals surface area contributed by atoms with Gasteiger partial charge in [0.05, 0.1) is 6.04 Å². The third kappa shape index (κ3) is 2.92. The van der Waals surface area contributed by atoms with Crippen LogP contribution in [0.4, 0.5) is 0 Å². The number of carbonyl (C=O) groups excluding carboxylic acids is 1. The van der Waals surface area contributed by atoms with Crippen LogP contribution in [0.5, 0.6) is 0 Å². The van der Waals surface area contributed by atoms with Gasteiger partial charge in [0.1, 0.15) is 0 Å². The fourth-order valence-electron chi connectivity index (χ4n) is 2.49. The number of rotatable bonds is 1. The van der Waals surface area contributed by atoms with E-state index < -0.39 is 0 Å². The summed E-state index contributed by atoms with van der Waals surface area (Å²) < 4.78 is 0.225. The maximum atomic E-state index is 12.3. The van der Waals surface area contributed by atoms with Gasteiger partial charge in [-0.25, -0.2) is 0 Å². The second-order valence-electron chi connectivity index (χ2n) is 5.37. The van der Waals surface area contributed by atoms with Gasteiger partial charge in [-0.15, -0.1) is 0 Å². The largest absolute Gasteiger partial charge is 0.339 e. The van der Waals surface area contributed by atoms with Gasteiger partial charge in [0.25, 0.3) is 0 Å². The number of carbonyl (C=O) groups is 1. The van der Waals surface area contributed by atoms with Crippen LogP contribution < -0.4 is 5.32 Å². The standard InChI is InChI=1S/C12H22N2OS/c1-12(2)9-14(7-8-16-12)11(15)10-5-3-4-6-13-10/h10,13H,3-9H2,1-2H3/t10-/m1/s1. The number of nitrogens with one attached hydrogen (secondary N) is 1. The van der Waals surface area contributed by atoms with Gasteiger partial charge in [0.15, 0.2) is 0 Å². The Morgan fingerprint density at radius 1 is 1.44 bits per heavy atom. The lowest BCUT2D eigenvalue weighted by Gasteiger charge is -2.39. The van der Waals surface area contributed by atoms with Crippen molar-refractivity contribution in [3.8, 4) is 0 Å². The zero-order valence-corrected chi connectivity index (χ0v) is 11.1. The molecule has 0 unspecified atom stereocenters. The summed E-state index contributed by atoms with van der Waals surface area (Å²) in [5.74, 6) is 1.40. The van der Waals surface area contributed by atoms with Crippen molar-refractivity contribution in [2.24, 2.45) is 0 Å². The van der Waals surface area contributed by atoms with Crippen LogP contribution in [0.25, 0.3) is 0 Å². The maximum absolute atomic E-state index is 12.3. The lowest BCUT2D eigenvalue weighted by molar-refractivity contribution is -0.134. The van der Waals surface area contributed by atoms with Crippen LogP contribution in [0, 0.1) is 0 Å². The molecule has 2 heterocycles. The van der Waals surface area contributed by atoms with E-state index in [4.69, 9.17) is 0 Å². The second kappa shape index (κ2) is 4.96. The van der Waals surface area contributed by atoms with Gasteiger partial charge in [-0.1, -0.05) is 6.42 Å². The Kier molecular flexibility index (Phi) is 3.80. The Hall–Kier alpha value is -0.220. The lowest BCUT2D eigenvalue weighted by Crippen LogP contribution is -2.54. The molecule has 0 radical (unpaired) electrons. The van der Waals surface area contributed by atoms with Crippen molar-refractivity contribution in [3.05, 3.63) is 0 Å². The molecule has 2 rings (SSSR count). The summed E-state index contributed by atoms with van der Waals surface area (Å²) in [7, 11) is 0. The topological polar surface area (TPSA) is 32.3 Å². The van der Waals surface area contributed by atoms with Gasteiger partial charge in [-0.05, 0) is 33.2 Å². The highest BCUT2D eigenvalue weighted by atomic mass is 32.2. The molecule has 1 amide bonds. The Morgan fingerprint density at radius 2 is 2.25 bits per heavy atom. The zero-order chi connectivity index (χ0) is 11.6. The first-order chi connectivity index (χ1) is 7.58. The second-order valence-corrected chi connectivity index (χ2v) is 7.17. The monoisotopic (exact) mass is 242 g/mol. The highest BCUT2D eigenvalue weighted by Crippen LogP contribution is 2.30. The lowest BCUT2D eigenvalue weighted by atomic mass is 10.0. The van der Waals surface area contributed by atoms with Gasteiger partial charge in [-0.3, -0.25) is 4.79 Å². The number of hydrogen-bond acceptors (Lipinski definition) is 3. The molecule has 0 aromatic carbocycles. The number of amides is 1. The predicted octanol–water partition coefficient (Wildman–Crippen LogP) is 1.48. The Bertz CT molecular complexity index is 262. The number of nitrogens with zero attached hydrogens (tertiary/aromatic N) is 1. The molecule has 4 heteroatoms. The van der Waals surface area contributed by atoms with Gasteiger partial charge in [0, 0.05) is 23.6 Å². The third-order valence-electron chi connectivity index (χ3n) is 3.35. The van der Waals surface area contributed by atoms with Gasteiger partial charge >= 0.3 is 0 Å². The van der Waals surface area contributed by atoms with Crippen LogP contribution in [-0.4, -0.2) is 47.0 Å². The van der Waals surface area contributed by atoms with Crippen LogP contribution in [0.15, 0.2) is 0 Å². The Labute approximate surface area is 102 Å². The molecular formula is C12H22N2OS. The van der Waals surface area contributed by atoms with E-state index in [0.717, 1.165) is 31.8 Å². The SMILES string of the molecule is CC1(C)CN(C(=O)[C@H]2CCCCN2)CCS1. The molecule has 1 atom stereocenters. The summed E-state index contributed by atoms with van der Waals surface area (Å²) >= 11 is 1.97. The molecule has 0 aliphatic carbocycles. The fourth-order valence-corrected chi connectivity index (χ4v) is 3.60. The molecule has 2 fully saturated rings. The summed E-state index contributed by atoms with van der Waals surface area (Å²) in [6.45, 7) is 7.28. The Balaban J connectivity index is 1.93. The molecule has 3 nitrogen and oxygen atoms in total. The van der Waals surface area contributed by atoms with E-state index in [2.05, 4.69) is 24.1 Å². The molecular weight excluding hydrogens is 220 g/mol. The minimum atomic E-state index is 0.0904. The first-order valence-electron chi connectivity index (χ1n) is 6.25. The predicted molar refractivity (Wildman–Crippen MR) is 68.8 cm³/mol. The van der Waals surface area contributed by atoms with Crippen LogP contribution in [0.3, 0.4) is 0 Å². The van der Waals surface area contributed by atoms with E-state index >= 15 is 0 Å². The average molecular weight is 242 g/mol. The minimum Gasteiger partial charge on any atom is -0.339 e. The molecule has 2 aliphatic heterocycles. The van der Waals surface area contributed by atoms with Crippen molar-refractivity contribution in [2.75, 3.05) is 25.4 Å². The first-order valence-corrected chi connectivity index (χ1v) is 7.23. The van der Waals surface area contributed by atoms with Crippen molar-refractivity contribution in [2.45, 2.75) is 43.9 Å². The summed E-state index contributed by atoms with van der Waals surface area (Å²) in [6.07, 6.45) is 3.42. The number of piperidine rings is 1. The van der Waals surface area contributed by atoms with Crippen molar-refractivity contribution in [1.29, 1.82) is 0 Å². The number of thioether (sulfide) groups is 1. The average Bonchev–Trinajstić information content (AvgIpc) is 2.28. The zero-order valence-electron chi connectivity index (χ0n) is 10.3. The highest BCUT2D eigenvalue weighted by Gasteiger charge is 2.33. The molecule has 0 saturated carbocycles. The van der Waals surface area contributed by atoms with Crippen LogP contribution in [0.1, 0.15) is 33.1 Å². The van der Waals surface area contributed by atoms with Crippen molar-refractivity contribution in [1.82, 2.24) is 10.2 Å². The van der Waals surface area contributed by atoms with Crippen molar-refractivity contribution in [3.63, 3.8) is 0 Å². The van der Waals surface area contributed by atoms with E-state index in [0.29, 0.717) is 5.91 Å². The summed E-state index contributed by atoms with van der Waals surface area (Å²) in [6, 6.07) is 0.0904. The Morgan fingerprint density at radius 3 is 2.88 bits per heavy atom. The minimum absolute atomic E-state index is 0.0904. The van der Waals surface area contributed by atoms with Crippen LogP contribution in [0.2, 0.25) is 0 Å². The maximum Gasteiger partial charge on any atom is 0.239 e. The van der Waals surface area contributed by atoms with E-state index in [-0.39, 0.29) is 10.8 Å². The van der Waals surface area contributed by atoms with Gasteiger partial charge < -0.3 is 10.2 Å². The van der Waals surface area contributed by atoms with E-state index in [1.807, 2.05) is 11.8 Å². The third-order valence-corrected chi connectivity index (χ3v) is 4.64. The normalized spacial score (nSPS) is 30.1. The van der Waals surface area contributed by atoms with Gasteiger partial charge in [-0.2, -0.15) is 11.8 Å². The van der Waals surface area contributed by atoms with Crippen molar-refractivity contribution >= 4 is 17.7 Å². The summed E-state index contributed by atoms with van der Waals surface area (Å²) in [4.78, 5) is 14.4. The van der Waals surface area contributed by atoms with E-state index in [1.165, 1.54) is 12.8 Å². The number of hydrogen-bond donors (Lipinski definition) is 1. The molecule has 0 aromatic heterocycles. The van der Waals surface area contributed by atoms with Crippen LogP contribution >= 0.6 is 11.8 Å². The molecule has 16 heavy (non-hydrogen) atoms. The quantitative estimate of drug-likeness (QED) is 0.756. The smallest absolute Gasteiger partial charge is 0.239 e. The highest BCUT2D eigenvalue weighted by molar-refractivity contribution is 8.00. The summed E-state index contributed by atoms with van der Waals surface area (Å²) in [5.41, 5.74) is 0. The molecule has 92 valence electrons. The first kappa shape index (κ1) is 12.2. The molecule has 0 bridgehead atoms. The van der Waals surface area contributed by atoms with Gasteiger partial charge in [0.2, 0.25) is 5.91 Å². The molecule has 0 aromatic rings. The molecule has 2 saturated heterocycles. The molecule has 2 aliphatic rings. The van der Waals surface area contributed by atoms with Crippen molar-refractivity contribution < 1.29 is 4.79 Å². The van der Waals surface area contributed by atoms with E-state index in [9.17, 15) is 4.79 Å². The molecule has 0 spiro atoms.